The predicted molar refractivity (Wildman–Crippen MR) is 120 cm³/mol. The Morgan fingerprint density at radius 1 is 0.909 bits per heavy atom. The van der Waals surface area contributed by atoms with E-state index in [-0.39, 0.29) is 21.3 Å². The van der Waals surface area contributed by atoms with E-state index in [0.717, 1.165) is 29.7 Å². The van der Waals surface area contributed by atoms with E-state index in [0.29, 0.717) is 22.1 Å². The highest BCUT2D eigenvalue weighted by Gasteiger charge is 2.22. The number of nitrogens with zero attached hydrogens (tertiary/aromatic N) is 1. The third-order valence-electron chi connectivity index (χ3n) is 4.62. The summed E-state index contributed by atoms with van der Waals surface area (Å²) in [5.74, 6) is -3.07. The Labute approximate surface area is 191 Å². The smallest absolute Gasteiger partial charge is 0.257 e. The molecule has 1 amide bonds. The fourth-order valence-corrected chi connectivity index (χ4v) is 5.06. The molecule has 4 aromatic rings. The molecule has 1 aromatic heterocycles. The Balaban J connectivity index is 1.83. The number of hydrogen-bond donors (Lipinski definition) is 1. The lowest BCUT2D eigenvalue weighted by Gasteiger charge is -2.08. The van der Waals surface area contributed by atoms with Crippen LogP contribution in [0.25, 0.3) is 21.7 Å². The molecular weight excluding hydrogens is 473 g/mol. The second-order valence-corrected chi connectivity index (χ2v) is 10.1. The van der Waals surface area contributed by atoms with Gasteiger partial charge in [0.1, 0.15) is 17.5 Å². The quantitative estimate of drug-likeness (QED) is 0.400. The van der Waals surface area contributed by atoms with Crippen LogP contribution in [0.1, 0.15) is 10.4 Å². The van der Waals surface area contributed by atoms with Crippen LogP contribution >= 0.6 is 11.3 Å². The number of rotatable bonds is 5. The van der Waals surface area contributed by atoms with Crippen LogP contribution in [0, 0.1) is 17.5 Å². The average Bonchev–Trinajstić information content (AvgIpc) is 3.16. The lowest BCUT2D eigenvalue weighted by Crippen LogP contribution is -2.12. The van der Waals surface area contributed by atoms with Crippen LogP contribution in [0.5, 0.6) is 0 Å². The molecule has 0 saturated carbocycles. The van der Waals surface area contributed by atoms with Crippen molar-refractivity contribution in [2.24, 2.45) is 0 Å². The van der Waals surface area contributed by atoms with Crippen molar-refractivity contribution in [2.45, 2.75) is 4.90 Å². The lowest BCUT2D eigenvalue weighted by molar-refractivity contribution is 0.102. The highest BCUT2D eigenvalue weighted by molar-refractivity contribution is 7.90. The number of carbonyl (C=O) groups excluding carboxylic acids is 1. The highest BCUT2D eigenvalue weighted by Crippen LogP contribution is 2.41. The number of sulfone groups is 1. The average molecular weight is 489 g/mol. The number of thiazole rings is 1. The maximum absolute atomic E-state index is 13.5. The van der Waals surface area contributed by atoms with E-state index < -0.39 is 33.2 Å². The van der Waals surface area contributed by atoms with Gasteiger partial charge in [-0.1, -0.05) is 41.7 Å². The van der Waals surface area contributed by atoms with Gasteiger partial charge in [-0.05, 0) is 35.9 Å². The van der Waals surface area contributed by atoms with Crippen molar-refractivity contribution in [3.8, 4) is 21.7 Å². The van der Waals surface area contributed by atoms with E-state index in [1.807, 2.05) is 0 Å². The second kappa shape index (κ2) is 8.80. The minimum absolute atomic E-state index is 0.0312. The third-order valence-corrected chi connectivity index (χ3v) is 6.80. The molecule has 0 aliphatic heterocycles. The van der Waals surface area contributed by atoms with E-state index in [2.05, 4.69) is 10.3 Å². The van der Waals surface area contributed by atoms with E-state index >= 15 is 0 Å². The van der Waals surface area contributed by atoms with Crippen molar-refractivity contribution in [2.75, 3.05) is 11.6 Å². The summed E-state index contributed by atoms with van der Waals surface area (Å²) in [4.78, 5) is 17.5. The largest absolute Gasteiger partial charge is 0.298 e. The standard InChI is InChI=1S/C23H15F3N2O3S2/c1-33(30,31)19-5-3-2-4-18(19)20-21(13-6-8-15(24)9-7-13)32-23(27-20)28-22(29)14-10-16(25)12-17(26)11-14/h2-12H,1H3,(H,27,28,29). The molecule has 3 aromatic carbocycles. The Morgan fingerprint density at radius 3 is 2.18 bits per heavy atom. The van der Waals surface area contributed by atoms with Gasteiger partial charge >= 0.3 is 0 Å². The first-order valence-electron chi connectivity index (χ1n) is 9.45. The van der Waals surface area contributed by atoms with Gasteiger partial charge in [-0.25, -0.2) is 26.6 Å². The summed E-state index contributed by atoms with van der Waals surface area (Å²) in [5.41, 5.74) is 0.856. The van der Waals surface area contributed by atoms with Gasteiger partial charge in [0.15, 0.2) is 15.0 Å². The Morgan fingerprint density at radius 2 is 1.55 bits per heavy atom. The van der Waals surface area contributed by atoms with Crippen LogP contribution in [-0.4, -0.2) is 25.6 Å². The van der Waals surface area contributed by atoms with Crippen molar-refractivity contribution < 1.29 is 26.4 Å². The van der Waals surface area contributed by atoms with E-state index in [9.17, 15) is 26.4 Å². The number of hydrogen-bond acceptors (Lipinski definition) is 5. The van der Waals surface area contributed by atoms with Crippen LogP contribution in [-0.2, 0) is 9.84 Å². The summed E-state index contributed by atoms with van der Waals surface area (Å²) in [7, 11) is -3.62. The van der Waals surface area contributed by atoms with Crippen molar-refractivity contribution in [1.82, 2.24) is 4.98 Å². The van der Waals surface area contributed by atoms with Crippen molar-refractivity contribution in [3.63, 3.8) is 0 Å². The summed E-state index contributed by atoms with van der Waals surface area (Å²) in [6, 6.07) is 14.1. The van der Waals surface area contributed by atoms with Gasteiger partial charge in [-0.3, -0.25) is 10.1 Å². The van der Waals surface area contributed by atoms with Crippen LogP contribution < -0.4 is 5.32 Å². The van der Waals surface area contributed by atoms with Gasteiger partial charge in [0.2, 0.25) is 0 Å². The van der Waals surface area contributed by atoms with Crippen LogP contribution in [0.4, 0.5) is 18.3 Å². The predicted octanol–water partition coefficient (Wildman–Crippen LogP) is 5.55. The van der Waals surface area contributed by atoms with Crippen molar-refractivity contribution in [1.29, 1.82) is 0 Å². The monoisotopic (exact) mass is 488 g/mol. The number of nitrogens with one attached hydrogen (secondary N) is 1. The zero-order valence-electron chi connectivity index (χ0n) is 17.0. The van der Waals surface area contributed by atoms with Gasteiger partial charge in [0, 0.05) is 23.4 Å². The summed E-state index contributed by atoms with van der Waals surface area (Å²) in [6.07, 6.45) is 1.07. The fraction of sp³-hybridized carbons (Fsp3) is 0.0435. The van der Waals surface area contributed by atoms with Gasteiger partial charge in [-0.2, -0.15) is 0 Å². The number of halogens is 3. The summed E-state index contributed by atoms with van der Waals surface area (Å²) >= 11 is 1.02. The molecule has 168 valence electrons. The zero-order valence-corrected chi connectivity index (χ0v) is 18.6. The van der Waals surface area contributed by atoms with E-state index in [1.165, 1.54) is 30.3 Å². The second-order valence-electron chi connectivity index (χ2n) is 7.08. The van der Waals surface area contributed by atoms with Crippen LogP contribution in [0.3, 0.4) is 0 Å². The zero-order chi connectivity index (χ0) is 23.8. The molecule has 0 saturated heterocycles. The molecule has 5 nitrogen and oxygen atoms in total. The van der Waals surface area contributed by atoms with Crippen molar-refractivity contribution >= 4 is 32.2 Å². The highest BCUT2D eigenvalue weighted by atomic mass is 32.2. The van der Waals surface area contributed by atoms with Gasteiger partial charge < -0.3 is 0 Å². The molecule has 4 rings (SSSR count). The van der Waals surface area contributed by atoms with Crippen molar-refractivity contribution in [3.05, 3.63) is 89.7 Å². The molecule has 0 spiro atoms. The maximum atomic E-state index is 13.5. The van der Waals surface area contributed by atoms with Gasteiger partial charge in [0.25, 0.3) is 5.91 Å². The molecule has 1 heterocycles. The first-order chi connectivity index (χ1) is 15.6. The number of amides is 1. The van der Waals surface area contributed by atoms with E-state index in [4.69, 9.17) is 0 Å². The molecule has 1 N–H and O–H groups in total. The van der Waals surface area contributed by atoms with Crippen LogP contribution in [0.15, 0.2) is 71.6 Å². The number of anilines is 1. The van der Waals surface area contributed by atoms with Gasteiger partial charge in [-0.15, -0.1) is 0 Å². The SMILES string of the molecule is CS(=O)(=O)c1ccccc1-c1nc(NC(=O)c2cc(F)cc(F)c2)sc1-c1ccc(F)cc1. The molecule has 0 bridgehead atoms. The third kappa shape index (κ3) is 4.96. The normalized spacial score (nSPS) is 11.4. The number of aromatic nitrogens is 1. The summed E-state index contributed by atoms with van der Waals surface area (Å²) in [5, 5.41) is 2.57. The topological polar surface area (TPSA) is 76.1 Å². The Bertz CT molecular complexity index is 1450. The molecule has 10 heteroatoms. The Hall–Kier alpha value is -3.50. The maximum Gasteiger partial charge on any atom is 0.257 e. The molecule has 0 aliphatic rings. The molecule has 33 heavy (non-hydrogen) atoms. The van der Waals surface area contributed by atoms with Gasteiger partial charge in [0.05, 0.1) is 15.5 Å². The lowest BCUT2D eigenvalue weighted by atomic mass is 10.1. The molecule has 0 fully saturated rings. The summed E-state index contributed by atoms with van der Waals surface area (Å²) < 4.78 is 65.2. The number of carbonyl (C=O) groups is 1. The minimum Gasteiger partial charge on any atom is -0.298 e. The summed E-state index contributed by atoms with van der Waals surface area (Å²) in [6.45, 7) is 0. The molecular formula is C23H15F3N2O3S2. The minimum atomic E-state index is -3.62. The Kier molecular flexibility index (Phi) is 6.05. The van der Waals surface area contributed by atoms with E-state index in [1.54, 1.807) is 18.2 Å². The molecule has 0 radical (unpaired) electrons. The fourth-order valence-electron chi connectivity index (χ4n) is 3.19. The number of benzene rings is 3. The molecule has 0 atom stereocenters. The first-order valence-corrected chi connectivity index (χ1v) is 12.2. The molecule has 0 aliphatic carbocycles. The molecule has 0 unspecified atom stereocenters. The first kappa shape index (κ1) is 22.7. The van der Waals surface area contributed by atoms with Crippen LogP contribution in [0.2, 0.25) is 0 Å².